The van der Waals surface area contributed by atoms with Gasteiger partial charge in [0.2, 0.25) is 6.29 Å². The Hall–Kier alpha value is -1.22. The summed E-state index contributed by atoms with van der Waals surface area (Å²) in [5, 5.41) is 47.8. The SMILES string of the molecule is OC[C@@H](O)[C@@H]1O[C@@H](Oc2ccccc2)[C@@H](O)[C@H](O)[C@@H]1O. The van der Waals surface area contributed by atoms with Gasteiger partial charge in [0, 0.05) is 0 Å². The number of rotatable bonds is 4. The van der Waals surface area contributed by atoms with Crippen molar-refractivity contribution in [1.29, 1.82) is 0 Å². The van der Waals surface area contributed by atoms with Gasteiger partial charge in [-0.1, -0.05) is 18.2 Å². The second-order valence-corrected chi connectivity index (χ2v) is 4.62. The van der Waals surface area contributed by atoms with Crippen molar-refractivity contribution in [2.45, 2.75) is 36.8 Å². The highest BCUT2D eigenvalue weighted by Gasteiger charge is 2.47. The quantitative estimate of drug-likeness (QED) is 0.444. The Labute approximate surface area is 115 Å². The fourth-order valence-electron chi connectivity index (χ4n) is 2.03. The second-order valence-electron chi connectivity index (χ2n) is 4.62. The zero-order valence-electron chi connectivity index (χ0n) is 10.6. The molecule has 0 aliphatic carbocycles. The van der Waals surface area contributed by atoms with Crippen molar-refractivity contribution in [3.63, 3.8) is 0 Å². The van der Waals surface area contributed by atoms with E-state index in [2.05, 4.69) is 0 Å². The van der Waals surface area contributed by atoms with E-state index in [9.17, 15) is 20.4 Å². The summed E-state index contributed by atoms with van der Waals surface area (Å²) in [5.41, 5.74) is 0. The molecule has 7 heteroatoms. The monoisotopic (exact) mass is 286 g/mol. The normalized spacial score (nSPS) is 35.5. The van der Waals surface area contributed by atoms with Gasteiger partial charge in [-0.2, -0.15) is 0 Å². The van der Waals surface area contributed by atoms with E-state index in [-0.39, 0.29) is 0 Å². The van der Waals surface area contributed by atoms with E-state index in [0.29, 0.717) is 5.75 Å². The Kier molecular flexibility index (Phi) is 4.92. The molecule has 20 heavy (non-hydrogen) atoms. The van der Waals surface area contributed by atoms with E-state index in [0.717, 1.165) is 0 Å². The molecule has 1 saturated heterocycles. The first-order valence-electron chi connectivity index (χ1n) is 6.25. The molecule has 7 nitrogen and oxygen atoms in total. The lowest BCUT2D eigenvalue weighted by molar-refractivity contribution is -0.290. The first-order chi connectivity index (χ1) is 9.54. The van der Waals surface area contributed by atoms with E-state index in [4.69, 9.17) is 14.6 Å². The number of aliphatic hydroxyl groups is 5. The highest BCUT2D eigenvalue weighted by atomic mass is 16.7. The number of hydrogen-bond donors (Lipinski definition) is 5. The molecule has 0 amide bonds. The molecule has 112 valence electrons. The fraction of sp³-hybridized carbons (Fsp3) is 0.538. The van der Waals surface area contributed by atoms with Gasteiger partial charge in [-0.3, -0.25) is 0 Å². The molecule has 6 atom stereocenters. The number of aliphatic hydroxyl groups excluding tert-OH is 5. The van der Waals surface area contributed by atoms with Gasteiger partial charge in [0.25, 0.3) is 0 Å². The molecule has 2 rings (SSSR count). The Balaban J connectivity index is 2.11. The average molecular weight is 286 g/mol. The molecule has 1 aromatic rings. The van der Waals surface area contributed by atoms with Crippen molar-refractivity contribution in [1.82, 2.24) is 0 Å². The summed E-state index contributed by atoms with van der Waals surface area (Å²) in [6.45, 7) is -0.650. The highest BCUT2D eigenvalue weighted by Crippen LogP contribution is 2.25. The fourth-order valence-corrected chi connectivity index (χ4v) is 2.03. The number of hydrogen-bond acceptors (Lipinski definition) is 7. The molecule has 0 saturated carbocycles. The lowest BCUT2D eigenvalue weighted by Crippen LogP contribution is -2.62. The topological polar surface area (TPSA) is 120 Å². The van der Waals surface area contributed by atoms with Crippen molar-refractivity contribution in [2.24, 2.45) is 0 Å². The lowest BCUT2D eigenvalue weighted by Gasteiger charge is -2.41. The minimum absolute atomic E-state index is 0.400. The second kappa shape index (κ2) is 6.49. The van der Waals surface area contributed by atoms with E-state index in [1.165, 1.54) is 0 Å². The summed E-state index contributed by atoms with van der Waals surface area (Å²) >= 11 is 0. The molecule has 0 bridgehead atoms. The van der Waals surface area contributed by atoms with Crippen LogP contribution in [0.5, 0.6) is 5.75 Å². The smallest absolute Gasteiger partial charge is 0.229 e. The molecule has 1 heterocycles. The van der Waals surface area contributed by atoms with E-state index in [1.807, 2.05) is 0 Å². The first-order valence-corrected chi connectivity index (χ1v) is 6.25. The van der Waals surface area contributed by atoms with Gasteiger partial charge in [0.05, 0.1) is 6.61 Å². The van der Waals surface area contributed by atoms with Crippen molar-refractivity contribution < 1.29 is 35.0 Å². The summed E-state index contributed by atoms with van der Waals surface area (Å²) in [5.74, 6) is 0.400. The van der Waals surface area contributed by atoms with E-state index in [1.54, 1.807) is 30.3 Å². The Morgan fingerprint density at radius 3 is 2.30 bits per heavy atom. The summed E-state index contributed by atoms with van der Waals surface area (Å²) in [6.07, 6.45) is -8.47. The van der Waals surface area contributed by atoms with Crippen molar-refractivity contribution in [3.05, 3.63) is 30.3 Å². The van der Waals surface area contributed by atoms with Gasteiger partial charge in [-0.25, -0.2) is 0 Å². The lowest BCUT2D eigenvalue weighted by atomic mass is 9.95. The Morgan fingerprint density at radius 1 is 1.05 bits per heavy atom. The molecule has 1 fully saturated rings. The molecule has 1 aromatic carbocycles. The van der Waals surface area contributed by atoms with Crippen LogP contribution in [0.15, 0.2) is 30.3 Å². The van der Waals surface area contributed by atoms with Gasteiger partial charge in [-0.05, 0) is 12.1 Å². The zero-order chi connectivity index (χ0) is 14.7. The van der Waals surface area contributed by atoms with Crippen LogP contribution in [-0.4, -0.2) is 68.9 Å². The van der Waals surface area contributed by atoms with Crippen LogP contribution in [-0.2, 0) is 4.74 Å². The van der Waals surface area contributed by atoms with Crippen molar-refractivity contribution >= 4 is 0 Å². The predicted octanol–water partition coefficient (Wildman–Crippen LogP) is -1.77. The van der Waals surface area contributed by atoms with Crippen LogP contribution in [0.4, 0.5) is 0 Å². The third-order valence-electron chi connectivity index (χ3n) is 3.17. The van der Waals surface area contributed by atoms with Crippen molar-refractivity contribution in [2.75, 3.05) is 6.61 Å². The largest absolute Gasteiger partial charge is 0.462 e. The van der Waals surface area contributed by atoms with Gasteiger partial charge < -0.3 is 35.0 Å². The number of benzene rings is 1. The van der Waals surface area contributed by atoms with Crippen LogP contribution in [0.2, 0.25) is 0 Å². The molecule has 1 aliphatic heterocycles. The molecule has 5 N–H and O–H groups in total. The number of para-hydroxylation sites is 1. The van der Waals surface area contributed by atoms with Gasteiger partial charge in [0.1, 0.15) is 36.3 Å². The number of ether oxygens (including phenoxy) is 2. The minimum atomic E-state index is -1.55. The Morgan fingerprint density at radius 2 is 1.70 bits per heavy atom. The van der Waals surface area contributed by atoms with Crippen LogP contribution in [0, 0.1) is 0 Å². The average Bonchev–Trinajstić information content (AvgIpc) is 2.48. The Bertz CT molecular complexity index is 412. The van der Waals surface area contributed by atoms with Crippen LogP contribution in [0.3, 0.4) is 0 Å². The molecule has 0 radical (unpaired) electrons. The van der Waals surface area contributed by atoms with Crippen LogP contribution in [0.1, 0.15) is 0 Å². The van der Waals surface area contributed by atoms with Gasteiger partial charge in [0.15, 0.2) is 0 Å². The van der Waals surface area contributed by atoms with Crippen LogP contribution >= 0.6 is 0 Å². The molecular formula is C13H18O7. The maximum atomic E-state index is 9.84. The third kappa shape index (κ3) is 3.09. The van der Waals surface area contributed by atoms with Crippen LogP contribution in [0.25, 0.3) is 0 Å². The van der Waals surface area contributed by atoms with Gasteiger partial charge >= 0.3 is 0 Å². The van der Waals surface area contributed by atoms with Gasteiger partial charge in [-0.15, -0.1) is 0 Å². The van der Waals surface area contributed by atoms with Crippen molar-refractivity contribution in [3.8, 4) is 5.75 Å². The highest BCUT2D eigenvalue weighted by molar-refractivity contribution is 5.21. The summed E-state index contributed by atoms with van der Waals surface area (Å²) in [6, 6.07) is 8.48. The standard InChI is InChI=1S/C13H18O7/c14-6-8(15)12-10(17)9(16)11(18)13(20-12)19-7-4-2-1-3-5-7/h1-5,8-18H,6H2/t8-,9-,10+,11+,12+,13-/m1/s1. The maximum Gasteiger partial charge on any atom is 0.229 e. The zero-order valence-corrected chi connectivity index (χ0v) is 10.6. The third-order valence-corrected chi connectivity index (χ3v) is 3.17. The molecule has 0 spiro atoms. The molecule has 0 aromatic heterocycles. The summed E-state index contributed by atoms with van der Waals surface area (Å²) in [7, 11) is 0. The first kappa shape index (κ1) is 15.2. The molecule has 1 aliphatic rings. The van der Waals surface area contributed by atoms with Crippen LogP contribution < -0.4 is 4.74 Å². The summed E-state index contributed by atoms with van der Waals surface area (Å²) in [4.78, 5) is 0. The summed E-state index contributed by atoms with van der Waals surface area (Å²) < 4.78 is 10.6. The van der Waals surface area contributed by atoms with E-state index >= 15 is 0 Å². The predicted molar refractivity (Wildman–Crippen MR) is 66.8 cm³/mol. The molecular weight excluding hydrogens is 268 g/mol. The van der Waals surface area contributed by atoms with E-state index < -0.39 is 43.4 Å². The molecule has 0 unspecified atom stereocenters. The minimum Gasteiger partial charge on any atom is -0.462 e. The maximum absolute atomic E-state index is 9.84.